The Bertz CT molecular complexity index is 1240. The van der Waals surface area contributed by atoms with E-state index in [1.807, 2.05) is 0 Å². The number of nitrogens with zero attached hydrogens (tertiary/aromatic N) is 1. The van der Waals surface area contributed by atoms with Crippen LogP contribution in [0.5, 0.6) is 17.2 Å². The molecule has 0 atom stereocenters. The molecule has 0 fully saturated rings. The third kappa shape index (κ3) is 6.47. The van der Waals surface area contributed by atoms with E-state index in [2.05, 4.69) is 9.93 Å². The van der Waals surface area contributed by atoms with Crippen LogP contribution in [-0.2, 0) is 10.0 Å². The Morgan fingerprint density at radius 1 is 1.03 bits per heavy atom. The van der Waals surface area contributed by atoms with Gasteiger partial charge in [-0.05, 0) is 79.2 Å². The molecule has 0 spiro atoms. The molecule has 0 amide bonds. The van der Waals surface area contributed by atoms with Gasteiger partial charge in [-0.15, -0.1) is 0 Å². The van der Waals surface area contributed by atoms with E-state index in [1.54, 1.807) is 49.4 Å². The van der Waals surface area contributed by atoms with Crippen LogP contribution in [0.1, 0.15) is 22.8 Å². The second-order valence-corrected chi connectivity index (χ2v) is 8.66. The summed E-state index contributed by atoms with van der Waals surface area (Å²) in [5, 5.41) is 4.22. The number of hydrogen-bond acceptors (Lipinski definition) is 7. The van der Waals surface area contributed by atoms with Crippen LogP contribution in [0.2, 0.25) is 5.02 Å². The standard InChI is InChI=1S/C23H21ClN2O6S/c1-3-31-22-14-16(15-25-26-33(28,29)20-11-7-18(24)8-12-20)4-13-21(22)32-23(27)17-5-9-19(30-2)10-6-17/h4-15,26H,3H2,1-2H3/b25-15+. The van der Waals surface area contributed by atoms with Gasteiger partial charge in [-0.25, -0.2) is 9.63 Å². The summed E-state index contributed by atoms with van der Waals surface area (Å²) in [5.74, 6) is 0.591. The average molecular weight is 489 g/mol. The predicted octanol–water partition coefficient (Wildman–Crippen LogP) is 4.28. The van der Waals surface area contributed by atoms with Crippen molar-refractivity contribution in [3.63, 3.8) is 0 Å². The van der Waals surface area contributed by atoms with Crippen molar-refractivity contribution in [2.45, 2.75) is 11.8 Å². The first-order valence-electron chi connectivity index (χ1n) is 9.76. The number of esters is 1. The van der Waals surface area contributed by atoms with Gasteiger partial charge in [0.05, 0.1) is 30.4 Å². The van der Waals surface area contributed by atoms with Crippen LogP contribution in [0, 0.1) is 0 Å². The van der Waals surface area contributed by atoms with Gasteiger partial charge in [-0.3, -0.25) is 0 Å². The summed E-state index contributed by atoms with van der Waals surface area (Å²) in [4.78, 5) is 14.6. The zero-order valence-corrected chi connectivity index (χ0v) is 19.4. The van der Waals surface area contributed by atoms with E-state index in [-0.39, 0.29) is 10.6 Å². The van der Waals surface area contributed by atoms with Gasteiger partial charge in [0, 0.05) is 5.02 Å². The first-order chi connectivity index (χ1) is 15.8. The second-order valence-electron chi connectivity index (χ2n) is 6.56. The van der Waals surface area contributed by atoms with Gasteiger partial charge in [0.2, 0.25) is 0 Å². The van der Waals surface area contributed by atoms with Crippen molar-refractivity contribution >= 4 is 33.8 Å². The first-order valence-corrected chi connectivity index (χ1v) is 11.6. The fraction of sp³-hybridized carbons (Fsp3) is 0.130. The van der Waals surface area contributed by atoms with E-state index in [1.165, 1.54) is 37.6 Å². The number of halogens is 1. The summed E-state index contributed by atoms with van der Waals surface area (Å²) in [5.41, 5.74) is 0.877. The highest BCUT2D eigenvalue weighted by atomic mass is 35.5. The maximum absolute atomic E-state index is 12.5. The molecule has 0 saturated heterocycles. The lowest BCUT2D eigenvalue weighted by atomic mass is 10.2. The van der Waals surface area contributed by atoms with Gasteiger partial charge < -0.3 is 14.2 Å². The molecule has 8 nitrogen and oxygen atoms in total. The Hall–Kier alpha value is -3.56. The van der Waals surface area contributed by atoms with Gasteiger partial charge in [0.15, 0.2) is 11.5 Å². The maximum atomic E-state index is 12.5. The molecule has 0 aliphatic carbocycles. The molecule has 10 heteroatoms. The highest BCUT2D eigenvalue weighted by molar-refractivity contribution is 7.89. The minimum Gasteiger partial charge on any atom is -0.497 e. The van der Waals surface area contributed by atoms with Crippen LogP contribution in [0.25, 0.3) is 0 Å². The number of sulfonamides is 1. The summed E-state index contributed by atoms with van der Waals surface area (Å²) in [6.07, 6.45) is 1.31. The Balaban J connectivity index is 1.73. The van der Waals surface area contributed by atoms with Crippen LogP contribution in [0.15, 0.2) is 76.7 Å². The molecule has 172 valence electrons. The van der Waals surface area contributed by atoms with Crippen molar-refractivity contribution < 1.29 is 27.4 Å². The number of methoxy groups -OCH3 is 1. The van der Waals surface area contributed by atoms with Crippen molar-refractivity contribution in [1.82, 2.24) is 4.83 Å². The van der Waals surface area contributed by atoms with Crippen molar-refractivity contribution in [3.05, 3.63) is 82.9 Å². The molecule has 0 unspecified atom stereocenters. The molecule has 1 N–H and O–H groups in total. The number of ether oxygens (including phenoxy) is 3. The maximum Gasteiger partial charge on any atom is 0.343 e. The molecule has 0 aliphatic rings. The monoisotopic (exact) mass is 488 g/mol. The van der Waals surface area contributed by atoms with Crippen LogP contribution in [0.3, 0.4) is 0 Å². The number of hydrazone groups is 1. The molecule has 0 bridgehead atoms. The predicted molar refractivity (Wildman–Crippen MR) is 125 cm³/mol. The molecule has 3 aromatic carbocycles. The number of rotatable bonds is 9. The summed E-state index contributed by atoms with van der Waals surface area (Å²) >= 11 is 5.78. The van der Waals surface area contributed by atoms with Crippen LogP contribution in [0.4, 0.5) is 0 Å². The summed E-state index contributed by atoms with van der Waals surface area (Å²) in [6, 6.07) is 16.9. The number of hydrogen-bond donors (Lipinski definition) is 1. The average Bonchev–Trinajstić information content (AvgIpc) is 2.81. The zero-order chi connectivity index (χ0) is 23.8. The summed E-state index contributed by atoms with van der Waals surface area (Å²) in [6.45, 7) is 2.12. The molecule has 0 radical (unpaired) electrons. The smallest absolute Gasteiger partial charge is 0.343 e. The number of carbonyl (C=O) groups excluding carboxylic acids is 1. The lowest BCUT2D eigenvalue weighted by molar-refractivity contribution is 0.0728. The van der Waals surface area contributed by atoms with Gasteiger partial charge in [0.1, 0.15) is 5.75 Å². The molecule has 3 aromatic rings. The Morgan fingerprint density at radius 3 is 2.36 bits per heavy atom. The quantitative estimate of drug-likeness (QED) is 0.209. The minimum absolute atomic E-state index is 0.0276. The van der Waals surface area contributed by atoms with Crippen LogP contribution < -0.4 is 19.0 Å². The van der Waals surface area contributed by atoms with E-state index < -0.39 is 16.0 Å². The van der Waals surface area contributed by atoms with Crippen LogP contribution >= 0.6 is 11.6 Å². The number of carbonyl (C=O) groups is 1. The lowest BCUT2D eigenvalue weighted by Gasteiger charge is -2.11. The van der Waals surface area contributed by atoms with Gasteiger partial charge in [0.25, 0.3) is 10.0 Å². The summed E-state index contributed by atoms with van der Waals surface area (Å²) < 4.78 is 40.7. The Labute approximate surface area is 196 Å². The highest BCUT2D eigenvalue weighted by Gasteiger charge is 2.14. The summed E-state index contributed by atoms with van der Waals surface area (Å²) in [7, 11) is -2.31. The third-order valence-electron chi connectivity index (χ3n) is 4.31. The molecular formula is C23H21ClN2O6S. The van der Waals surface area contributed by atoms with E-state index in [9.17, 15) is 13.2 Å². The minimum atomic E-state index is -3.84. The van der Waals surface area contributed by atoms with Crippen molar-refractivity contribution in [3.8, 4) is 17.2 Å². The molecule has 0 saturated carbocycles. The van der Waals surface area contributed by atoms with Gasteiger partial charge in [-0.2, -0.15) is 13.5 Å². The topological polar surface area (TPSA) is 103 Å². The molecule has 0 heterocycles. The highest BCUT2D eigenvalue weighted by Crippen LogP contribution is 2.29. The largest absolute Gasteiger partial charge is 0.497 e. The van der Waals surface area contributed by atoms with Gasteiger partial charge >= 0.3 is 5.97 Å². The Kier molecular flexibility index (Phi) is 7.92. The van der Waals surface area contributed by atoms with Crippen molar-refractivity contribution in [2.24, 2.45) is 5.10 Å². The fourth-order valence-corrected chi connectivity index (χ4v) is 3.60. The van der Waals surface area contributed by atoms with Crippen LogP contribution in [-0.4, -0.2) is 34.3 Å². The molecule has 33 heavy (non-hydrogen) atoms. The number of benzene rings is 3. The SMILES string of the molecule is CCOc1cc(/C=N/NS(=O)(=O)c2ccc(Cl)cc2)ccc1OC(=O)c1ccc(OC)cc1. The normalized spacial score (nSPS) is 11.2. The van der Waals surface area contributed by atoms with E-state index in [0.29, 0.717) is 34.3 Å². The Morgan fingerprint density at radius 2 is 1.73 bits per heavy atom. The van der Waals surface area contributed by atoms with Crippen molar-refractivity contribution in [2.75, 3.05) is 13.7 Å². The van der Waals surface area contributed by atoms with Gasteiger partial charge in [-0.1, -0.05) is 11.6 Å². The lowest BCUT2D eigenvalue weighted by Crippen LogP contribution is -2.18. The second kappa shape index (κ2) is 10.8. The fourth-order valence-electron chi connectivity index (χ4n) is 2.68. The van der Waals surface area contributed by atoms with E-state index in [0.717, 1.165) is 0 Å². The van der Waals surface area contributed by atoms with E-state index in [4.69, 9.17) is 25.8 Å². The first kappa shape index (κ1) is 24.1. The molecule has 0 aromatic heterocycles. The molecule has 0 aliphatic heterocycles. The number of nitrogens with one attached hydrogen (secondary N) is 1. The molecule has 3 rings (SSSR count). The third-order valence-corrected chi connectivity index (χ3v) is 5.80. The molecular weight excluding hydrogens is 468 g/mol. The van der Waals surface area contributed by atoms with Crippen molar-refractivity contribution in [1.29, 1.82) is 0 Å². The zero-order valence-electron chi connectivity index (χ0n) is 17.8. The van der Waals surface area contributed by atoms with E-state index >= 15 is 0 Å².